The van der Waals surface area contributed by atoms with Crippen LogP contribution in [0.25, 0.3) is 0 Å². The minimum atomic E-state index is -0.757. The van der Waals surface area contributed by atoms with Gasteiger partial charge in [0.2, 0.25) is 0 Å². The molecule has 0 aliphatic carbocycles. The van der Waals surface area contributed by atoms with Crippen molar-refractivity contribution >= 4 is 11.8 Å². The Morgan fingerprint density at radius 1 is 1.50 bits per heavy atom. The second-order valence-corrected chi connectivity index (χ2v) is 1.37. The van der Waals surface area contributed by atoms with Gasteiger partial charge in [-0.2, -0.15) is 0 Å². The highest BCUT2D eigenvalue weighted by Gasteiger charge is 2.13. The Morgan fingerprint density at radius 3 is 2.62 bits per heavy atom. The van der Waals surface area contributed by atoms with E-state index in [0.717, 1.165) is 0 Å². The zero-order valence-corrected chi connectivity index (χ0v) is 4.09. The molecule has 0 saturated carbocycles. The maximum absolute atomic E-state index is 10.2. The molecule has 0 aromatic heterocycles. The van der Waals surface area contributed by atoms with E-state index < -0.39 is 11.8 Å². The molecule has 8 heavy (non-hydrogen) atoms. The van der Waals surface area contributed by atoms with Gasteiger partial charge in [-0.25, -0.2) is 4.79 Å². The average Bonchev–Trinajstić information content (AvgIpc) is 1.77. The predicted molar refractivity (Wildman–Crippen MR) is 25.1 cm³/mol. The van der Waals surface area contributed by atoms with Crippen LogP contribution in [0.1, 0.15) is 0 Å². The van der Waals surface area contributed by atoms with Gasteiger partial charge in [0.05, 0.1) is 0 Å². The molecule has 0 aromatic rings. The fourth-order valence-electron chi connectivity index (χ4n) is 0.418. The van der Waals surface area contributed by atoms with Gasteiger partial charge in [-0.05, 0) is 12.2 Å². The molecule has 1 aliphatic rings. The first-order valence-electron chi connectivity index (χ1n) is 2.18. The third-order valence-corrected chi connectivity index (χ3v) is 0.781. The minimum Gasteiger partial charge on any atom is -0.455 e. The summed E-state index contributed by atoms with van der Waals surface area (Å²) < 4.78 is 4.31. The Bertz CT molecular complexity index is 157. The van der Waals surface area contributed by atoms with E-state index in [9.17, 15) is 9.59 Å². The van der Waals surface area contributed by atoms with Crippen molar-refractivity contribution in [3.63, 3.8) is 0 Å². The number of hydrogen-bond acceptors (Lipinski definition) is 3. The standard InChI is InChI=1S/C5H4O3/c6-4-2-1-3-8-5(4)7/h1-2H,3H2. The number of carbonyl (C=O) groups excluding carboxylic acids is 2. The van der Waals surface area contributed by atoms with Crippen LogP contribution in [-0.2, 0) is 14.3 Å². The van der Waals surface area contributed by atoms with Crippen LogP contribution in [0, 0.1) is 0 Å². The lowest BCUT2D eigenvalue weighted by atomic mass is 10.3. The molecule has 0 N–H and O–H groups in total. The lowest BCUT2D eigenvalue weighted by Gasteiger charge is -2.00. The van der Waals surface area contributed by atoms with Crippen molar-refractivity contribution in [3.8, 4) is 0 Å². The van der Waals surface area contributed by atoms with Crippen molar-refractivity contribution in [2.75, 3.05) is 6.61 Å². The molecule has 0 bridgehead atoms. The molecule has 0 aromatic carbocycles. The molecule has 0 unspecified atom stereocenters. The first-order chi connectivity index (χ1) is 3.80. The number of rotatable bonds is 0. The fourth-order valence-corrected chi connectivity index (χ4v) is 0.418. The van der Waals surface area contributed by atoms with Crippen LogP contribution in [0.2, 0.25) is 0 Å². The SMILES string of the molecule is O=C1C=CCOC1=O. The first-order valence-corrected chi connectivity index (χ1v) is 2.18. The molecule has 42 valence electrons. The van der Waals surface area contributed by atoms with Gasteiger partial charge >= 0.3 is 5.97 Å². The zero-order valence-electron chi connectivity index (χ0n) is 4.09. The van der Waals surface area contributed by atoms with Gasteiger partial charge in [-0.15, -0.1) is 0 Å². The fraction of sp³-hybridized carbons (Fsp3) is 0.200. The number of ketones is 1. The van der Waals surface area contributed by atoms with Crippen LogP contribution in [0.4, 0.5) is 0 Å². The van der Waals surface area contributed by atoms with Crippen molar-refractivity contribution in [3.05, 3.63) is 12.2 Å². The quantitative estimate of drug-likeness (QED) is 0.318. The van der Waals surface area contributed by atoms with E-state index in [1.54, 1.807) is 0 Å². The Hall–Kier alpha value is -1.12. The topological polar surface area (TPSA) is 43.4 Å². The van der Waals surface area contributed by atoms with Crippen LogP contribution in [0.5, 0.6) is 0 Å². The summed E-state index contributed by atoms with van der Waals surface area (Å²) in [4.78, 5) is 20.4. The normalized spacial score (nSPS) is 18.5. The van der Waals surface area contributed by atoms with Crippen LogP contribution >= 0.6 is 0 Å². The van der Waals surface area contributed by atoms with Crippen molar-refractivity contribution < 1.29 is 14.3 Å². The molecule has 3 nitrogen and oxygen atoms in total. The van der Waals surface area contributed by atoms with Gasteiger partial charge in [0, 0.05) is 0 Å². The predicted octanol–water partition coefficient (Wildman–Crippen LogP) is -0.332. The van der Waals surface area contributed by atoms with Crippen LogP contribution in [0.15, 0.2) is 12.2 Å². The number of esters is 1. The third kappa shape index (κ3) is 0.753. The molecule has 0 radical (unpaired) electrons. The monoisotopic (exact) mass is 112 g/mol. The summed E-state index contributed by atoms with van der Waals surface area (Å²) in [7, 11) is 0. The molecule has 0 saturated heterocycles. The van der Waals surface area contributed by atoms with Crippen molar-refractivity contribution in [2.24, 2.45) is 0 Å². The summed E-state index contributed by atoms with van der Waals surface area (Å²) in [5.41, 5.74) is 0. The van der Waals surface area contributed by atoms with E-state index in [0.29, 0.717) is 0 Å². The van der Waals surface area contributed by atoms with Gasteiger partial charge in [-0.3, -0.25) is 4.79 Å². The molecule has 1 rings (SSSR count). The van der Waals surface area contributed by atoms with E-state index in [1.807, 2.05) is 0 Å². The van der Waals surface area contributed by atoms with Crippen LogP contribution < -0.4 is 0 Å². The van der Waals surface area contributed by atoms with Gasteiger partial charge in [0.25, 0.3) is 5.78 Å². The first kappa shape index (κ1) is 5.03. The molecular formula is C5H4O3. The summed E-state index contributed by atoms with van der Waals surface area (Å²) in [5.74, 6) is -1.33. The van der Waals surface area contributed by atoms with Crippen molar-refractivity contribution in [1.29, 1.82) is 0 Å². The average molecular weight is 112 g/mol. The van der Waals surface area contributed by atoms with Crippen molar-refractivity contribution in [1.82, 2.24) is 0 Å². The summed E-state index contributed by atoms with van der Waals surface area (Å²) in [5, 5.41) is 0. The smallest absolute Gasteiger partial charge is 0.379 e. The van der Waals surface area contributed by atoms with E-state index in [4.69, 9.17) is 0 Å². The Morgan fingerprint density at radius 2 is 2.25 bits per heavy atom. The zero-order chi connectivity index (χ0) is 5.98. The van der Waals surface area contributed by atoms with E-state index in [-0.39, 0.29) is 6.61 Å². The number of carbonyl (C=O) groups is 2. The summed E-state index contributed by atoms with van der Waals surface area (Å²) in [6.07, 6.45) is 2.72. The highest BCUT2D eigenvalue weighted by Crippen LogP contribution is 1.90. The number of hydrogen-bond donors (Lipinski definition) is 0. The molecule has 0 fully saturated rings. The van der Waals surface area contributed by atoms with Gasteiger partial charge < -0.3 is 4.74 Å². The molecule has 0 atom stereocenters. The molecule has 0 spiro atoms. The number of cyclic esters (lactones) is 1. The van der Waals surface area contributed by atoms with E-state index >= 15 is 0 Å². The van der Waals surface area contributed by atoms with Crippen molar-refractivity contribution in [2.45, 2.75) is 0 Å². The molecule has 1 heterocycles. The Labute approximate surface area is 45.9 Å². The highest BCUT2D eigenvalue weighted by atomic mass is 16.5. The maximum Gasteiger partial charge on any atom is 0.379 e. The molecule has 1 aliphatic heterocycles. The van der Waals surface area contributed by atoms with Crippen LogP contribution in [0.3, 0.4) is 0 Å². The van der Waals surface area contributed by atoms with E-state index in [2.05, 4.69) is 4.74 Å². The molecule has 3 heteroatoms. The highest BCUT2D eigenvalue weighted by molar-refractivity contribution is 6.38. The number of ether oxygens (including phenoxy) is 1. The Balaban J connectivity index is 2.75. The second kappa shape index (κ2) is 1.78. The lowest BCUT2D eigenvalue weighted by molar-refractivity contribution is -0.151. The second-order valence-electron chi connectivity index (χ2n) is 1.37. The minimum absolute atomic E-state index is 0.227. The van der Waals surface area contributed by atoms with Gasteiger partial charge in [0.15, 0.2) is 0 Å². The van der Waals surface area contributed by atoms with Gasteiger partial charge in [0.1, 0.15) is 6.61 Å². The van der Waals surface area contributed by atoms with E-state index in [1.165, 1.54) is 12.2 Å². The lowest BCUT2D eigenvalue weighted by Crippen LogP contribution is -2.18. The summed E-state index contributed by atoms with van der Waals surface area (Å²) in [6, 6.07) is 0. The third-order valence-electron chi connectivity index (χ3n) is 0.781. The van der Waals surface area contributed by atoms with Gasteiger partial charge in [-0.1, -0.05) is 0 Å². The molecule has 0 amide bonds. The Kier molecular flexibility index (Phi) is 1.12. The summed E-state index contributed by atoms with van der Waals surface area (Å²) in [6.45, 7) is 0.227. The molecular weight excluding hydrogens is 108 g/mol. The largest absolute Gasteiger partial charge is 0.455 e. The maximum atomic E-state index is 10.2. The summed E-state index contributed by atoms with van der Waals surface area (Å²) >= 11 is 0. The van der Waals surface area contributed by atoms with Crippen LogP contribution in [-0.4, -0.2) is 18.4 Å².